The smallest absolute Gasteiger partial charge is 0.326 e. The molecule has 2 unspecified atom stereocenters. The molecule has 1 rings (SSSR count). The van der Waals surface area contributed by atoms with Crippen LogP contribution in [0.5, 0.6) is 0 Å². The van der Waals surface area contributed by atoms with Crippen LogP contribution in [0.25, 0.3) is 0 Å². The highest BCUT2D eigenvalue weighted by atomic mass is 16.4. The topological polar surface area (TPSA) is 77.8 Å². The van der Waals surface area contributed by atoms with Crippen LogP contribution in [-0.4, -0.2) is 34.7 Å². The van der Waals surface area contributed by atoms with Crippen LogP contribution in [0.15, 0.2) is 18.2 Å². The molecule has 0 bridgehead atoms. The normalized spacial score (nSPS) is 13.6. The molecule has 0 saturated carbocycles. The summed E-state index contributed by atoms with van der Waals surface area (Å²) in [6.45, 7) is 7.12. The van der Waals surface area contributed by atoms with Gasteiger partial charge in [0, 0.05) is 12.2 Å². The zero-order valence-corrected chi connectivity index (χ0v) is 12.3. The molecule has 5 nitrogen and oxygen atoms in total. The number of aryl methyl sites for hydroxylation is 2. The summed E-state index contributed by atoms with van der Waals surface area (Å²) < 4.78 is 0. The number of anilines is 1. The molecule has 0 aliphatic heterocycles. The molecule has 0 aromatic heterocycles. The minimum Gasteiger partial charge on any atom is -0.481 e. The van der Waals surface area contributed by atoms with Gasteiger partial charge in [-0.25, -0.2) is 4.79 Å². The Hall–Kier alpha value is -2.04. The highest BCUT2D eigenvalue weighted by molar-refractivity contribution is 5.79. The minimum absolute atomic E-state index is 0.160. The standard InChI is InChI=1S/C15H21NO4/c1-9-5-6-10(2)13(7-9)16(12(4)15(19)20)8-11(3)14(17)18/h5-7,11-12H,8H2,1-4H3,(H,17,18)(H,19,20). The molecule has 0 aliphatic rings. The summed E-state index contributed by atoms with van der Waals surface area (Å²) in [5, 5.41) is 18.3. The lowest BCUT2D eigenvalue weighted by atomic mass is 10.1. The SMILES string of the molecule is Cc1ccc(C)c(N(CC(C)C(=O)O)C(C)C(=O)O)c1. The Balaban J connectivity index is 3.19. The molecule has 20 heavy (non-hydrogen) atoms. The summed E-state index contributed by atoms with van der Waals surface area (Å²) in [6, 6.07) is 4.97. The molecule has 0 aliphatic carbocycles. The van der Waals surface area contributed by atoms with E-state index in [4.69, 9.17) is 5.11 Å². The zero-order chi connectivity index (χ0) is 15.4. The molecular formula is C15H21NO4. The molecule has 0 spiro atoms. The van der Waals surface area contributed by atoms with E-state index in [0.717, 1.165) is 16.8 Å². The Labute approximate surface area is 118 Å². The molecule has 0 fully saturated rings. The molecule has 0 amide bonds. The molecule has 2 atom stereocenters. The van der Waals surface area contributed by atoms with E-state index >= 15 is 0 Å². The van der Waals surface area contributed by atoms with Gasteiger partial charge >= 0.3 is 11.9 Å². The van der Waals surface area contributed by atoms with Crippen LogP contribution < -0.4 is 4.90 Å². The number of nitrogens with zero attached hydrogens (tertiary/aromatic N) is 1. The molecule has 0 heterocycles. The first kappa shape index (κ1) is 16.0. The van der Waals surface area contributed by atoms with Crippen molar-refractivity contribution in [3.63, 3.8) is 0 Å². The molecule has 1 aromatic carbocycles. The Morgan fingerprint density at radius 3 is 2.25 bits per heavy atom. The molecule has 110 valence electrons. The van der Waals surface area contributed by atoms with Gasteiger partial charge in [0.25, 0.3) is 0 Å². The third kappa shape index (κ3) is 3.73. The monoisotopic (exact) mass is 279 g/mol. The molecule has 0 saturated heterocycles. The Bertz CT molecular complexity index is 513. The predicted octanol–water partition coefficient (Wildman–Crippen LogP) is 2.30. The van der Waals surface area contributed by atoms with Crippen molar-refractivity contribution < 1.29 is 19.8 Å². The highest BCUT2D eigenvalue weighted by Gasteiger charge is 2.26. The van der Waals surface area contributed by atoms with E-state index in [1.165, 1.54) is 0 Å². The Morgan fingerprint density at radius 2 is 1.75 bits per heavy atom. The number of hydrogen-bond donors (Lipinski definition) is 2. The lowest BCUT2D eigenvalue weighted by Crippen LogP contribution is -2.43. The van der Waals surface area contributed by atoms with Crippen LogP contribution in [0.2, 0.25) is 0 Å². The van der Waals surface area contributed by atoms with Crippen molar-refractivity contribution in [3.05, 3.63) is 29.3 Å². The lowest BCUT2D eigenvalue weighted by Gasteiger charge is -2.31. The zero-order valence-electron chi connectivity index (χ0n) is 12.3. The fourth-order valence-electron chi connectivity index (χ4n) is 2.00. The van der Waals surface area contributed by atoms with Crippen LogP contribution in [0.3, 0.4) is 0 Å². The van der Waals surface area contributed by atoms with E-state index in [9.17, 15) is 14.7 Å². The maximum atomic E-state index is 11.3. The van der Waals surface area contributed by atoms with E-state index in [1.54, 1.807) is 18.7 Å². The van der Waals surface area contributed by atoms with E-state index < -0.39 is 23.9 Å². The van der Waals surface area contributed by atoms with Crippen molar-refractivity contribution in [2.45, 2.75) is 33.7 Å². The number of carboxylic acid groups (broad SMARTS) is 2. The van der Waals surface area contributed by atoms with Crippen LogP contribution in [0, 0.1) is 19.8 Å². The maximum Gasteiger partial charge on any atom is 0.326 e. The minimum atomic E-state index is -0.969. The van der Waals surface area contributed by atoms with Crippen molar-refractivity contribution in [3.8, 4) is 0 Å². The summed E-state index contributed by atoms with van der Waals surface area (Å²) in [6.07, 6.45) is 0. The fraction of sp³-hybridized carbons (Fsp3) is 0.467. The summed E-state index contributed by atoms with van der Waals surface area (Å²) in [5.41, 5.74) is 2.71. The van der Waals surface area contributed by atoms with Gasteiger partial charge < -0.3 is 15.1 Å². The van der Waals surface area contributed by atoms with Gasteiger partial charge in [0.05, 0.1) is 5.92 Å². The third-order valence-electron chi connectivity index (χ3n) is 3.39. The van der Waals surface area contributed by atoms with Crippen LogP contribution in [0.4, 0.5) is 5.69 Å². The average Bonchev–Trinajstić information content (AvgIpc) is 2.37. The Kier molecular flexibility index (Phi) is 5.13. The van der Waals surface area contributed by atoms with Gasteiger partial charge in [-0.15, -0.1) is 0 Å². The molecule has 2 N–H and O–H groups in total. The van der Waals surface area contributed by atoms with Crippen molar-refractivity contribution in [2.75, 3.05) is 11.4 Å². The summed E-state index contributed by atoms with van der Waals surface area (Å²) in [4.78, 5) is 24.0. The van der Waals surface area contributed by atoms with Gasteiger partial charge in [0.15, 0.2) is 0 Å². The van der Waals surface area contributed by atoms with Crippen LogP contribution in [-0.2, 0) is 9.59 Å². The number of carbonyl (C=O) groups is 2. The second-order valence-corrected chi connectivity index (χ2v) is 5.20. The Morgan fingerprint density at radius 1 is 1.15 bits per heavy atom. The van der Waals surface area contributed by atoms with Crippen molar-refractivity contribution in [2.24, 2.45) is 5.92 Å². The first-order valence-corrected chi connectivity index (χ1v) is 6.53. The summed E-state index contributed by atoms with van der Waals surface area (Å²) in [5.74, 6) is -2.54. The van der Waals surface area contributed by atoms with Crippen LogP contribution in [0.1, 0.15) is 25.0 Å². The number of aliphatic carboxylic acids is 2. The third-order valence-corrected chi connectivity index (χ3v) is 3.39. The largest absolute Gasteiger partial charge is 0.481 e. The number of carboxylic acids is 2. The number of hydrogen-bond acceptors (Lipinski definition) is 3. The predicted molar refractivity (Wildman–Crippen MR) is 77.2 cm³/mol. The maximum absolute atomic E-state index is 11.3. The molecule has 1 aromatic rings. The fourth-order valence-corrected chi connectivity index (χ4v) is 2.00. The number of rotatable bonds is 6. The second kappa shape index (κ2) is 6.41. The van der Waals surface area contributed by atoms with E-state index in [-0.39, 0.29) is 6.54 Å². The van der Waals surface area contributed by atoms with Crippen molar-refractivity contribution in [1.82, 2.24) is 0 Å². The van der Waals surface area contributed by atoms with Gasteiger partial charge in [-0.3, -0.25) is 4.79 Å². The van der Waals surface area contributed by atoms with Gasteiger partial charge in [-0.1, -0.05) is 19.1 Å². The highest BCUT2D eigenvalue weighted by Crippen LogP contribution is 2.25. The first-order valence-electron chi connectivity index (χ1n) is 6.53. The quantitative estimate of drug-likeness (QED) is 0.835. The molecule has 5 heteroatoms. The van der Waals surface area contributed by atoms with E-state index in [2.05, 4.69) is 0 Å². The second-order valence-electron chi connectivity index (χ2n) is 5.20. The van der Waals surface area contributed by atoms with E-state index in [0.29, 0.717) is 0 Å². The number of benzene rings is 1. The van der Waals surface area contributed by atoms with Gasteiger partial charge in [-0.05, 0) is 38.0 Å². The molecule has 0 radical (unpaired) electrons. The van der Waals surface area contributed by atoms with Gasteiger partial charge in [0.1, 0.15) is 6.04 Å². The van der Waals surface area contributed by atoms with Crippen LogP contribution >= 0.6 is 0 Å². The van der Waals surface area contributed by atoms with Crippen molar-refractivity contribution in [1.29, 1.82) is 0 Å². The average molecular weight is 279 g/mol. The van der Waals surface area contributed by atoms with Gasteiger partial charge in [-0.2, -0.15) is 0 Å². The lowest BCUT2D eigenvalue weighted by molar-refractivity contribution is -0.142. The van der Waals surface area contributed by atoms with Crippen molar-refractivity contribution >= 4 is 17.6 Å². The van der Waals surface area contributed by atoms with Gasteiger partial charge in [0.2, 0.25) is 0 Å². The summed E-state index contributed by atoms with van der Waals surface area (Å²) in [7, 11) is 0. The molecular weight excluding hydrogens is 258 g/mol. The summed E-state index contributed by atoms with van der Waals surface area (Å²) >= 11 is 0. The van der Waals surface area contributed by atoms with E-state index in [1.807, 2.05) is 32.0 Å². The first-order chi connectivity index (χ1) is 9.23.